The Hall–Kier alpha value is -0.570. The maximum atomic E-state index is 11.4. The molecule has 3 nitrogen and oxygen atoms in total. The zero-order valence-electron chi connectivity index (χ0n) is 7.92. The molecular formula is C10H17NO2. The third-order valence-corrected chi connectivity index (χ3v) is 2.86. The van der Waals surface area contributed by atoms with E-state index in [1.54, 1.807) is 0 Å². The van der Waals surface area contributed by atoms with Gasteiger partial charge in [0, 0.05) is 6.54 Å². The maximum absolute atomic E-state index is 11.4. The predicted octanol–water partition coefficient (Wildman–Crippen LogP) is 0.939. The lowest BCUT2D eigenvalue weighted by Crippen LogP contribution is -2.20. The molecule has 0 aromatic heterocycles. The van der Waals surface area contributed by atoms with Gasteiger partial charge in [0.15, 0.2) is 0 Å². The monoisotopic (exact) mass is 183 g/mol. The van der Waals surface area contributed by atoms with Crippen molar-refractivity contribution >= 4 is 5.97 Å². The van der Waals surface area contributed by atoms with Gasteiger partial charge in [0.05, 0.1) is 12.5 Å². The topological polar surface area (TPSA) is 38.3 Å². The van der Waals surface area contributed by atoms with Gasteiger partial charge < -0.3 is 10.1 Å². The zero-order chi connectivity index (χ0) is 9.10. The van der Waals surface area contributed by atoms with Crippen LogP contribution in [0.1, 0.15) is 25.7 Å². The molecule has 1 unspecified atom stereocenters. The molecule has 1 aliphatic carbocycles. The minimum absolute atomic E-state index is 0.00523. The van der Waals surface area contributed by atoms with Crippen molar-refractivity contribution in [1.29, 1.82) is 0 Å². The number of esters is 1. The van der Waals surface area contributed by atoms with Crippen LogP contribution in [0.4, 0.5) is 0 Å². The third kappa shape index (κ3) is 2.69. The second kappa shape index (κ2) is 4.09. The molecule has 13 heavy (non-hydrogen) atoms. The molecule has 0 amide bonds. The lowest BCUT2D eigenvalue weighted by molar-refractivity contribution is -0.148. The fourth-order valence-corrected chi connectivity index (χ4v) is 1.71. The summed E-state index contributed by atoms with van der Waals surface area (Å²) in [4.78, 5) is 11.4. The summed E-state index contributed by atoms with van der Waals surface area (Å²) in [5.74, 6) is 0.986. The highest BCUT2D eigenvalue weighted by Crippen LogP contribution is 2.32. The van der Waals surface area contributed by atoms with E-state index in [-0.39, 0.29) is 11.9 Å². The third-order valence-electron chi connectivity index (χ3n) is 2.86. The standard InChI is InChI=1S/C10H17NO2/c12-10(9-3-5-11-7-9)13-6-4-8-1-2-8/h8-9,11H,1-7H2. The van der Waals surface area contributed by atoms with Crippen molar-refractivity contribution in [2.45, 2.75) is 25.7 Å². The summed E-state index contributed by atoms with van der Waals surface area (Å²) in [7, 11) is 0. The van der Waals surface area contributed by atoms with Crippen molar-refractivity contribution in [3.8, 4) is 0 Å². The highest BCUT2D eigenvalue weighted by Gasteiger charge is 2.25. The summed E-state index contributed by atoms with van der Waals surface area (Å²) in [6.45, 7) is 2.41. The molecule has 2 fully saturated rings. The molecule has 0 aromatic rings. The van der Waals surface area contributed by atoms with Gasteiger partial charge in [0.1, 0.15) is 0 Å². The van der Waals surface area contributed by atoms with Gasteiger partial charge in [-0.15, -0.1) is 0 Å². The molecule has 74 valence electrons. The van der Waals surface area contributed by atoms with Crippen LogP contribution in [0.25, 0.3) is 0 Å². The van der Waals surface area contributed by atoms with Crippen molar-refractivity contribution in [1.82, 2.24) is 5.32 Å². The van der Waals surface area contributed by atoms with E-state index in [0.29, 0.717) is 6.61 Å². The lowest BCUT2D eigenvalue weighted by Gasteiger charge is -2.08. The summed E-state index contributed by atoms with van der Waals surface area (Å²) in [6, 6.07) is 0. The van der Waals surface area contributed by atoms with Crippen LogP contribution in [-0.2, 0) is 9.53 Å². The first kappa shape index (κ1) is 9.00. The second-order valence-electron chi connectivity index (χ2n) is 4.09. The van der Waals surface area contributed by atoms with E-state index >= 15 is 0 Å². The quantitative estimate of drug-likeness (QED) is 0.659. The molecule has 1 aliphatic heterocycles. The van der Waals surface area contributed by atoms with E-state index in [1.807, 2.05) is 0 Å². The smallest absolute Gasteiger partial charge is 0.310 e. The van der Waals surface area contributed by atoms with Crippen LogP contribution < -0.4 is 5.32 Å². The summed E-state index contributed by atoms with van der Waals surface area (Å²) < 4.78 is 5.20. The van der Waals surface area contributed by atoms with Crippen molar-refractivity contribution in [2.75, 3.05) is 19.7 Å². The number of hydrogen-bond donors (Lipinski definition) is 1. The fourth-order valence-electron chi connectivity index (χ4n) is 1.71. The largest absolute Gasteiger partial charge is 0.465 e. The first-order valence-corrected chi connectivity index (χ1v) is 5.23. The summed E-state index contributed by atoms with van der Waals surface area (Å²) >= 11 is 0. The number of rotatable bonds is 4. The van der Waals surface area contributed by atoms with Crippen LogP contribution >= 0.6 is 0 Å². The normalized spacial score (nSPS) is 27.5. The number of hydrogen-bond acceptors (Lipinski definition) is 3. The fraction of sp³-hybridized carbons (Fsp3) is 0.900. The molecule has 0 bridgehead atoms. The Labute approximate surface area is 78.8 Å². The van der Waals surface area contributed by atoms with Crippen LogP contribution in [-0.4, -0.2) is 25.7 Å². The van der Waals surface area contributed by atoms with E-state index in [1.165, 1.54) is 12.8 Å². The number of ether oxygens (including phenoxy) is 1. The Balaban J connectivity index is 1.59. The van der Waals surface area contributed by atoms with Crippen molar-refractivity contribution in [3.05, 3.63) is 0 Å². The molecule has 2 aliphatic rings. The van der Waals surface area contributed by atoms with Crippen LogP contribution in [0.5, 0.6) is 0 Å². The summed E-state index contributed by atoms with van der Waals surface area (Å²) in [6.07, 6.45) is 4.69. The van der Waals surface area contributed by atoms with Gasteiger partial charge in [-0.25, -0.2) is 0 Å². The molecule has 0 spiro atoms. The van der Waals surface area contributed by atoms with Crippen molar-refractivity contribution in [2.24, 2.45) is 11.8 Å². The Morgan fingerprint density at radius 2 is 2.23 bits per heavy atom. The average molecular weight is 183 g/mol. The number of carbonyl (C=O) groups is 1. The van der Waals surface area contributed by atoms with Crippen LogP contribution in [0, 0.1) is 11.8 Å². The van der Waals surface area contributed by atoms with Gasteiger partial charge in [0.2, 0.25) is 0 Å². The van der Waals surface area contributed by atoms with Crippen LogP contribution in [0.15, 0.2) is 0 Å². The molecule has 0 radical (unpaired) electrons. The van der Waals surface area contributed by atoms with E-state index in [0.717, 1.165) is 31.8 Å². The van der Waals surface area contributed by atoms with E-state index in [2.05, 4.69) is 5.32 Å². The Kier molecular flexibility index (Phi) is 2.83. The maximum Gasteiger partial charge on any atom is 0.310 e. The second-order valence-corrected chi connectivity index (χ2v) is 4.09. The van der Waals surface area contributed by atoms with E-state index in [4.69, 9.17) is 4.74 Å². The molecular weight excluding hydrogens is 166 g/mol. The first-order valence-electron chi connectivity index (χ1n) is 5.23. The van der Waals surface area contributed by atoms with E-state index in [9.17, 15) is 4.79 Å². The Bertz CT molecular complexity index is 183. The lowest BCUT2D eigenvalue weighted by atomic mass is 10.1. The van der Waals surface area contributed by atoms with Crippen LogP contribution in [0.3, 0.4) is 0 Å². The molecule has 1 heterocycles. The highest BCUT2D eigenvalue weighted by molar-refractivity contribution is 5.73. The molecule has 3 heteroatoms. The molecule has 1 N–H and O–H groups in total. The highest BCUT2D eigenvalue weighted by atomic mass is 16.5. The van der Waals surface area contributed by atoms with Gasteiger partial charge in [0.25, 0.3) is 0 Å². The molecule has 1 saturated carbocycles. The first-order chi connectivity index (χ1) is 6.36. The molecule has 0 aromatic carbocycles. The van der Waals surface area contributed by atoms with Gasteiger partial charge >= 0.3 is 5.97 Å². The van der Waals surface area contributed by atoms with Gasteiger partial charge in [-0.05, 0) is 25.3 Å². The number of carbonyl (C=O) groups excluding carboxylic acids is 1. The minimum Gasteiger partial charge on any atom is -0.465 e. The average Bonchev–Trinajstić information content (AvgIpc) is 2.80. The minimum atomic E-state index is 0.00523. The van der Waals surface area contributed by atoms with Crippen molar-refractivity contribution < 1.29 is 9.53 Å². The molecule has 2 rings (SSSR count). The molecule has 1 saturated heterocycles. The van der Waals surface area contributed by atoms with Crippen LogP contribution in [0.2, 0.25) is 0 Å². The van der Waals surface area contributed by atoms with Gasteiger partial charge in [-0.2, -0.15) is 0 Å². The Morgan fingerprint density at radius 3 is 2.85 bits per heavy atom. The summed E-state index contributed by atoms with van der Waals surface area (Å²) in [5.41, 5.74) is 0. The molecule has 1 atom stereocenters. The number of nitrogens with one attached hydrogen (secondary N) is 1. The Morgan fingerprint density at radius 1 is 1.38 bits per heavy atom. The summed E-state index contributed by atoms with van der Waals surface area (Å²) in [5, 5.41) is 3.16. The predicted molar refractivity (Wildman–Crippen MR) is 49.3 cm³/mol. The van der Waals surface area contributed by atoms with Crippen molar-refractivity contribution in [3.63, 3.8) is 0 Å². The van der Waals surface area contributed by atoms with Gasteiger partial charge in [-0.3, -0.25) is 4.79 Å². The zero-order valence-corrected chi connectivity index (χ0v) is 7.92. The van der Waals surface area contributed by atoms with E-state index < -0.39 is 0 Å². The van der Waals surface area contributed by atoms with Gasteiger partial charge in [-0.1, -0.05) is 12.8 Å². The SMILES string of the molecule is O=C(OCCC1CC1)C1CCNC1.